The molecule has 2 heteroatoms. The maximum Gasteiger partial charge on any atom is 0.124 e. The summed E-state index contributed by atoms with van der Waals surface area (Å²) in [5, 5.41) is 2.53. The summed E-state index contributed by atoms with van der Waals surface area (Å²) < 4.78 is 2.56. The number of rotatable bonds is 2. The Kier molecular flexibility index (Phi) is 2.45. The number of thiophene rings is 1. The van der Waals surface area contributed by atoms with Crippen LogP contribution in [-0.2, 0) is 11.2 Å². The molecule has 3 aromatic rings. The largest absolute Gasteiger partial charge is 0.303 e. The molecule has 0 saturated heterocycles. The van der Waals surface area contributed by atoms with E-state index in [0.717, 1.165) is 11.8 Å². The number of fused-ring (bicyclic) bond motifs is 3. The zero-order chi connectivity index (χ0) is 11.8. The Morgan fingerprint density at radius 1 is 1.18 bits per heavy atom. The summed E-state index contributed by atoms with van der Waals surface area (Å²) in [6.07, 6.45) is 1.48. The van der Waals surface area contributed by atoms with Crippen LogP contribution in [0.2, 0.25) is 0 Å². The third-order valence-corrected chi connectivity index (χ3v) is 4.18. The molecule has 0 amide bonds. The van der Waals surface area contributed by atoms with E-state index >= 15 is 0 Å². The first kappa shape index (κ1) is 10.5. The summed E-state index contributed by atoms with van der Waals surface area (Å²) >= 11 is 1.79. The molecule has 0 aliphatic heterocycles. The van der Waals surface area contributed by atoms with E-state index in [0.29, 0.717) is 6.42 Å². The third-order valence-electron chi connectivity index (χ3n) is 3.04. The minimum absolute atomic E-state index is 0.497. The Morgan fingerprint density at radius 2 is 2.06 bits per heavy atom. The zero-order valence-corrected chi connectivity index (χ0v) is 10.4. The summed E-state index contributed by atoms with van der Waals surface area (Å²) in [7, 11) is 0. The number of carbonyl (C=O) groups excluding carboxylic acids is 1. The van der Waals surface area contributed by atoms with E-state index in [4.69, 9.17) is 0 Å². The van der Waals surface area contributed by atoms with E-state index in [-0.39, 0.29) is 0 Å². The SMILES string of the molecule is Cc1ccc2sc3cccc(CC=O)c3c2c1. The van der Waals surface area contributed by atoms with Crippen molar-refractivity contribution >= 4 is 37.8 Å². The minimum Gasteiger partial charge on any atom is -0.303 e. The molecule has 0 fully saturated rings. The highest BCUT2D eigenvalue weighted by atomic mass is 32.1. The van der Waals surface area contributed by atoms with Crippen LogP contribution in [0.3, 0.4) is 0 Å². The Morgan fingerprint density at radius 3 is 2.88 bits per heavy atom. The Balaban J connectivity index is 2.46. The van der Waals surface area contributed by atoms with Gasteiger partial charge in [0.25, 0.3) is 0 Å². The van der Waals surface area contributed by atoms with E-state index in [9.17, 15) is 4.79 Å². The summed E-state index contributed by atoms with van der Waals surface area (Å²) in [5.41, 5.74) is 2.40. The van der Waals surface area contributed by atoms with Gasteiger partial charge in [0.1, 0.15) is 6.29 Å². The molecule has 17 heavy (non-hydrogen) atoms. The molecule has 0 aliphatic carbocycles. The summed E-state index contributed by atoms with van der Waals surface area (Å²) in [6, 6.07) is 12.7. The van der Waals surface area contributed by atoms with Crippen LogP contribution in [0.15, 0.2) is 36.4 Å². The van der Waals surface area contributed by atoms with E-state index < -0.39 is 0 Å². The van der Waals surface area contributed by atoms with Gasteiger partial charge in [-0.25, -0.2) is 0 Å². The van der Waals surface area contributed by atoms with Crippen LogP contribution >= 0.6 is 11.3 Å². The van der Waals surface area contributed by atoms with Crippen LogP contribution in [0.4, 0.5) is 0 Å². The van der Waals surface area contributed by atoms with Gasteiger partial charge in [-0.2, -0.15) is 0 Å². The zero-order valence-electron chi connectivity index (χ0n) is 9.57. The Hall–Kier alpha value is -1.67. The topological polar surface area (TPSA) is 17.1 Å². The number of aldehydes is 1. The molecule has 0 spiro atoms. The van der Waals surface area contributed by atoms with Crippen molar-refractivity contribution in [3.63, 3.8) is 0 Å². The fourth-order valence-electron chi connectivity index (χ4n) is 2.27. The predicted octanol–water partition coefficient (Wildman–Crippen LogP) is 4.10. The van der Waals surface area contributed by atoms with Crippen LogP contribution in [-0.4, -0.2) is 6.29 Å². The van der Waals surface area contributed by atoms with Crippen molar-refractivity contribution in [1.29, 1.82) is 0 Å². The lowest BCUT2D eigenvalue weighted by Crippen LogP contribution is -1.86. The molecule has 0 bridgehead atoms. The first-order valence-electron chi connectivity index (χ1n) is 5.64. The van der Waals surface area contributed by atoms with Gasteiger partial charge in [0.15, 0.2) is 0 Å². The van der Waals surface area contributed by atoms with Crippen LogP contribution in [0.1, 0.15) is 11.1 Å². The second kappa shape index (κ2) is 3.97. The van der Waals surface area contributed by atoms with Crippen LogP contribution in [0.25, 0.3) is 20.2 Å². The lowest BCUT2D eigenvalue weighted by atomic mass is 10.0. The molecular weight excluding hydrogens is 228 g/mol. The molecule has 0 radical (unpaired) electrons. The smallest absolute Gasteiger partial charge is 0.124 e. The van der Waals surface area contributed by atoms with Gasteiger partial charge >= 0.3 is 0 Å². The van der Waals surface area contributed by atoms with E-state index in [1.54, 1.807) is 11.3 Å². The van der Waals surface area contributed by atoms with Gasteiger partial charge in [0, 0.05) is 26.6 Å². The molecule has 3 rings (SSSR count). The van der Waals surface area contributed by atoms with Crippen molar-refractivity contribution < 1.29 is 4.79 Å². The highest BCUT2D eigenvalue weighted by molar-refractivity contribution is 7.25. The van der Waals surface area contributed by atoms with Gasteiger partial charge < -0.3 is 4.79 Å². The first-order valence-corrected chi connectivity index (χ1v) is 6.45. The molecule has 1 aromatic heterocycles. The maximum atomic E-state index is 10.7. The Bertz CT molecular complexity index is 709. The quantitative estimate of drug-likeness (QED) is 0.616. The summed E-state index contributed by atoms with van der Waals surface area (Å²) in [5.74, 6) is 0. The van der Waals surface area contributed by atoms with Crippen molar-refractivity contribution in [1.82, 2.24) is 0 Å². The first-order chi connectivity index (χ1) is 8.29. The van der Waals surface area contributed by atoms with Gasteiger partial charge in [-0.15, -0.1) is 11.3 Å². The maximum absolute atomic E-state index is 10.7. The normalized spacial score (nSPS) is 11.1. The number of benzene rings is 2. The van der Waals surface area contributed by atoms with Crippen LogP contribution < -0.4 is 0 Å². The molecule has 1 nitrogen and oxygen atoms in total. The molecule has 0 N–H and O–H groups in total. The van der Waals surface area contributed by atoms with Crippen LogP contribution in [0.5, 0.6) is 0 Å². The minimum atomic E-state index is 0.497. The van der Waals surface area contributed by atoms with Gasteiger partial charge in [-0.3, -0.25) is 0 Å². The monoisotopic (exact) mass is 240 g/mol. The Labute approximate surface area is 104 Å². The lowest BCUT2D eigenvalue weighted by Gasteiger charge is -2.00. The third kappa shape index (κ3) is 1.65. The average Bonchev–Trinajstić information content (AvgIpc) is 2.68. The highest BCUT2D eigenvalue weighted by Crippen LogP contribution is 2.36. The summed E-state index contributed by atoms with van der Waals surface area (Å²) in [4.78, 5) is 10.7. The van der Waals surface area contributed by atoms with E-state index in [1.807, 2.05) is 12.1 Å². The molecule has 0 unspecified atom stereocenters. The van der Waals surface area contributed by atoms with Gasteiger partial charge in [0.05, 0.1) is 0 Å². The molecule has 0 atom stereocenters. The van der Waals surface area contributed by atoms with Crippen molar-refractivity contribution in [2.45, 2.75) is 13.3 Å². The number of hydrogen-bond acceptors (Lipinski definition) is 2. The molecule has 1 heterocycles. The lowest BCUT2D eigenvalue weighted by molar-refractivity contribution is -0.107. The van der Waals surface area contributed by atoms with Crippen molar-refractivity contribution in [3.05, 3.63) is 47.5 Å². The number of hydrogen-bond donors (Lipinski definition) is 0. The van der Waals surface area contributed by atoms with Crippen molar-refractivity contribution in [3.8, 4) is 0 Å². The average molecular weight is 240 g/mol. The predicted molar refractivity (Wildman–Crippen MR) is 73.8 cm³/mol. The standard InChI is InChI=1S/C15H12OS/c1-10-5-6-13-12(9-10)15-11(7-8-16)3-2-4-14(15)17-13/h2-6,8-9H,7H2,1H3. The van der Waals surface area contributed by atoms with Crippen molar-refractivity contribution in [2.24, 2.45) is 0 Å². The van der Waals surface area contributed by atoms with Gasteiger partial charge in [-0.05, 0) is 30.7 Å². The fourth-order valence-corrected chi connectivity index (χ4v) is 3.41. The molecule has 2 aromatic carbocycles. The molecule has 84 valence electrons. The second-order valence-electron chi connectivity index (χ2n) is 4.26. The molecule has 0 aliphatic rings. The highest BCUT2D eigenvalue weighted by Gasteiger charge is 2.08. The van der Waals surface area contributed by atoms with Crippen molar-refractivity contribution in [2.75, 3.05) is 0 Å². The van der Waals surface area contributed by atoms with Crippen LogP contribution in [0, 0.1) is 6.92 Å². The second-order valence-corrected chi connectivity index (χ2v) is 5.35. The van der Waals surface area contributed by atoms with Gasteiger partial charge in [0.2, 0.25) is 0 Å². The van der Waals surface area contributed by atoms with Gasteiger partial charge in [-0.1, -0.05) is 23.8 Å². The van der Waals surface area contributed by atoms with E-state index in [2.05, 4.69) is 31.2 Å². The molecule has 0 saturated carbocycles. The summed E-state index contributed by atoms with van der Waals surface area (Å²) in [6.45, 7) is 2.10. The molecular formula is C15H12OS. The number of aryl methyl sites for hydroxylation is 1. The van der Waals surface area contributed by atoms with E-state index in [1.165, 1.54) is 25.7 Å². The number of carbonyl (C=O) groups is 1. The fraction of sp³-hybridized carbons (Fsp3) is 0.133.